The summed E-state index contributed by atoms with van der Waals surface area (Å²) in [7, 11) is 0. The summed E-state index contributed by atoms with van der Waals surface area (Å²) in [6.07, 6.45) is 0.337. The summed E-state index contributed by atoms with van der Waals surface area (Å²) in [5.74, 6) is -1.22. The Morgan fingerprint density at radius 3 is 1.60 bits per heavy atom. The molecule has 2 aromatic rings. The van der Waals surface area contributed by atoms with Crippen LogP contribution in [0.4, 0.5) is 14.5 Å². The van der Waals surface area contributed by atoms with Gasteiger partial charge in [-0.25, -0.2) is 8.78 Å². The monoisotopic (exact) mass is 387 g/mol. The van der Waals surface area contributed by atoms with E-state index in [4.69, 9.17) is 10.8 Å². The van der Waals surface area contributed by atoms with Crippen molar-refractivity contribution in [3.63, 3.8) is 0 Å². The van der Waals surface area contributed by atoms with Crippen molar-refractivity contribution >= 4 is 42.7 Å². The van der Waals surface area contributed by atoms with Crippen LogP contribution in [0.3, 0.4) is 0 Å². The van der Waals surface area contributed by atoms with Crippen molar-refractivity contribution in [3.05, 3.63) is 65.7 Å². The molecule has 0 aliphatic rings. The summed E-state index contributed by atoms with van der Waals surface area (Å²) in [5.41, 5.74) is 6.68. The van der Waals surface area contributed by atoms with Gasteiger partial charge in [-0.15, -0.1) is 0 Å². The zero-order chi connectivity index (χ0) is 19.2. The highest BCUT2D eigenvalue weighted by molar-refractivity contribution is 7.81. The summed E-state index contributed by atoms with van der Waals surface area (Å²) in [5, 5.41) is 7.65. The van der Waals surface area contributed by atoms with Crippen LogP contribution in [-0.2, 0) is 16.0 Å². The molecule has 0 spiro atoms. The minimum atomic E-state index is -0.881. The second kappa shape index (κ2) is 13.3. The minimum Gasteiger partial charge on any atom is -0.481 e. The molecule has 0 saturated carbocycles. The standard InChI is InChI=1S/C9H9FOS.C6H6FN.C2H4O2S/c10-8-3-1-7(2-4-8)5-9(11)6-12;7-5-1-3-6(8)4-2-5;3-2(4)1-5/h1-4,12H,5-6H2;1-4H,8H2;5H,1H2,(H,3,4). The number of carboxylic acid groups (broad SMARTS) is 1. The molecule has 2 rings (SSSR count). The first-order valence-electron chi connectivity index (χ1n) is 6.99. The molecule has 0 aliphatic heterocycles. The Hall–Kier alpha value is -2.06. The van der Waals surface area contributed by atoms with E-state index < -0.39 is 5.97 Å². The Kier molecular flexibility index (Phi) is 12.2. The van der Waals surface area contributed by atoms with Crippen LogP contribution >= 0.6 is 25.3 Å². The SMILES string of the molecule is Nc1ccc(F)cc1.O=C(CS)Cc1ccc(F)cc1.O=C(O)CS. The number of carbonyl (C=O) groups excluding carboxylic acids is 1. The lowest BCUT2D eigenvalue weighted by Gasteiger charge is -1.97. The van der Waals surface area contributed by atoms with Gasteiger partial charge in [0.1, 0.15) is 17.4 Å². The van der Waals surface area contributed by atoms with Gasteiger partial charge in [0.15, 0.2) is 0 Å². The van der Waals surface area contributed by atoms with Gasteiger partial charge >= 0.3 is 5.97 Å². The molecule has 0 radical (unpaired) electrons. The molecule has 0 saturated heterocycles. The Bertz CT molecular complexity index is 629. The van der Waals surface area contributed by atoms with Crippen LogP contribution in [0.2, 0.25) is 0 Å². The maximum Gasteiger partial charge on any atom is 0.313 e. The van der Waals surface area contributed by atoms with Gasteiger partial charge in [0.05, 0.1) is 5.75 Å². The number of benzene rings is 2. The zero-order valence-electron chi connectivity index (χ0n) is 13.2. The first kappa shape index (κ1) is 22.9. The number of carbonyl (C=O) groups is 2. The molecule has 0 bridgehead atoms. The summed E-state index contributed by atoms with van der Waals surface area (Å²) < 4.78 is 24.4. The number of Topliss-reactive ketones (excluding diaryl/α,β-unsaturated/α-hetero) is 1. The van der Waals surface area contributed by atoms with E-state index in [1.807, 2.05) is 0 Å². The van der Waals surface area contributed by atoms with Crippen LogP contribution in [0, 0.1) is 11.6 Å². The van der Waals surface area contributed by atoms with E-state index in [9.17, 15) is 18.4 Å². The molecule has 2 aromatic carbocycles. The van der Waals surface area contributed by atoms with Gasteiger partial charge in [-0.05, 0) is 42.0 Å². The number of hydrogen-bond acceptors (Lipinski definition) is 5. The summed E-state index contributed by atoms with van der Waals surface area (Å²) in [6, 6.07) is 11.6. The molecule has 0 aliphatic carbocycles. The lowest BCUT2D eigenvalue weighted by Crippen LogP contribution is -2.03. The van der Waals surface area contributed by atoms with Crippen LogP contribution < -0.4 is 5.73 Å². The third-order valence-electron chi connectivity index (χ3n) is 2.50. The van der Waals surface area contributed by atoms with Crippen LogP contribution in [0.15, 0.2) is 48.5 Å². The van der Waals surface area contributed by atoms with E-state index >= 15 is 0 Å². The Morgan fingerprint density at radius 1 is 0.880 bits per heavy atom. The lowest BCUT2D eigenvalue weighted by atomic mass is 10.1. The van der Waals surface area contributed by atoms with Gasteiger partial charge in [0, 0.05) is 17.9 Å². The first-order valence-corrected chi connectivity index (χ1v) is 8.25. The average Bonchev–Trinajstić information content (AvgIpc) is 2.60. The van der Waals surface area contributed by atoms with Crippen LogP contribution in [0.1, 0.15) is 5.56 Å². The summed E-state index contributed by atoms with van der Waals surface area (Å²) in [6.45, 7) is 0. The second-order valence-corrected chi connectivity index (χ2v) is 5.24. The van der Waals surface area contributed by atoms with Crippen molar-refractivity contribution < 1.29 is 23.5 Å². The number of rotatable bonds is 4. The van der Waals surface area contributed by atoms with E-state index in [0.29, 0.717) is 12.1 Å². The molecular formula is C17H19F2NO3S2. The molecule has 3 N–H and O–H groups in total. The number of nitrogens with two attached hydrogens (primary N) is 1. The Labute approximate surface area is 155 Å². The number of halogens is 2. The Balaban J connectivity index is 0.000000382. The molecule has 8 heteroatoms. The highest BCUT2D eigenvalue weighted by atomic mass is 32.1. The van der Waals surface area contributed by atoms with E-state index in [1.54, 1.807) is 12.1 Å². The first-order chi connectivity index (χ1) is 11.8. The van der Waals surface area contributed by atoms with Gasteiger partial charge in [-0.2, -0.15) is 25.3 Å². The number of thiol groups is 2. The molecule has 4 nitrogen and oxygen atoms in total. The quantitative estimate of drug-likeness (QED) is 0.480. The predicted molar refractivity (Wildman–Crippen MR) is 101 cm³/mol. The molecule has 0 aromatic heterocycles. The minimum absolute atomic E-state index is 0.0462. The highest BCUT2D eigenvalue weighted by Crippen LogP contribution is 2.04. The van der Waals surface area contributed by atoms with E-state index in [-0.39, 0.29) is 28.9 Å². The Morgan fingerprint density at radius 2 is 1.28 bits per heavy atom. The van der Waals surface area contributed by atoms with Crippen molar-refractivity contribution in [1.82, 2.24) is 0 Å². The smallest absolute Gasteiger partial charge is 0.313 e. The normalized spacial score (nSPS) is 9.12. The maximum atomic E-state index is 12.4. The summed E-state index contributed by atoms with van der Waals surface area (Å²) in [4.78, 5) is 20.2. The number of nitrogen functional groups attached to an aromatic ring is 1. The average molecular weight is 387 g/mol. The fraction of sp³-hybridized carbons (Fsp3) is 0.176. The van der Waals surface area contributed by atoms with Crippen molar-refractivity contribution in [3.8, 4) is 0 Å². The van der Waals surface area contributed by atoms with Crippen molar-refractivity contribution in [2.24, 2.45) is 0 Å². The largest absolute Gasteiger partial charge is 0.481 e. The second-order valence-electron chi connectivity index (χ2n) is 4.60. The fourth-order valence-corrected chi connectivity index (χ4v) is 1.46. The number of anilines is 1. The zero-order valence-corrected chi connectivity index (χ0v) is 15.0. The molecule has 0 atom stereocenters. The van der Waals surface area contributed by atoms with E-state index in [1.165, 1.54) is 36.4 Å². The number of hydrogen-bond donors (Lipinski definition) is 4. The maximum absolute atomic E-state index is 12.4. The molecule has 0 amide bonds. The van der Waals surface area contributed by atoms with Gasteiger partial charge in [0.2, 0.25) is 0 Å². The van der Waals surface area contributed by atoms with Gasteiger partial charge in [0.25, 0.3) is 0 Å². The highest BCUT2D eigenvalue weighted by Gasteiger charge is 2.00. The number of aliphatic carboxylic acids is 1. The third kappa shape index (κ3) is 13.0. The summed E-state index contributed by atoms with van der Waals surface area (Å²) >= 11 is 7.26. The van der Waals surface area contributed by atoms with Crippen molar-refractivity contribution in [2.45, 2.75) is 6.42 Å². The molecular weight excluding hydrogens is 368 g/mol. The van der Waals surface area contributed by atoms with Gasteiger partial charge in [-0.1, -0.05) is 12.1 Å². The number of carboxylic acids is 1. The van der Waals surface area contributed by atoms with Gasteiger partial charge in [-0.3, -0.25) is 9.59 Å². The molecule has 0 fully saturated rings. The molecule has 0 heterocycles. The van der Waals surface area contributed by atoms with Crippen LogP contribution in [0.5, 0.6) is 0 Å². The van der Waals surface area contributed by atoms with Crippen LogP contribution in [-0.4, -0.2) is 28.4 Å². The van der Waals surface area contributed by atoms with E-state index in [0.717, 1.165) is 5.56 Å². The topological polar surface area (TPSA) is 80.4 Å². The van der Waals surface area contributed by atoms with E-state index in [2.05, 4.69) is 25.3 Å². The third-order valence-corrected chi connectivity index (χ3v) is 3.12. The molecule has 0 unspecified atom stereocenters. The van der Waals surface area contributed by atoms with Crippen LogP contribution in [0.25, 0.3) is 0 Å². The molecule has 25 heavy (non-hydrogen) atoms. The van der Waals surface area contributed by atoms with Crippen molar-refractivity contribution in [1.29, 1.82) is 0 Å². The fourth-order valence-electron chi connectivity index (χ4n) is 1.35. The lowest BCUT2D eigenvalue weighted by molar-refractivity contribution is -0.133. The number of ketones is 1. The molecule has 136 valence electrons. The van der Waals surface area contributed by atoms with Gasteiger partial charge < -0.3 is 10.8 Å². The van der Waals surface area contributed by atoms with Crippen molar-refractivity contribution in [2.75, 3.05) is 17.2 Å². The predicted octanol–water partition coefficient (Wildman–Crippen LogP) is 3.28.